The third kappa shape index (κ3) is 4.49. The van der Waals surface area contributed by atoms with Gasteiger partial charge in [-0.25, -0.2) is 4.79 Å². The van der Waals surface area contributed by atoms with Crippen molar-refractivity contribution >= 4 is 29.3 Å². The number of nitrogens with zero attached hydrogens (tertiary/aromatic N) is 1. The van der Waals surface area contributed by atoms with Gasteiger partial charge in [-0.2, -0.15) is 0 Å². The van der Waals surface area contributed by atoms with Crippen LogP contribution in [-0.4, -0.2) is 42.2 Å². The second-order valence-electron chi connectivity index (χ2n) is 8.88. The number of imide groups is 1. The monoisotopic (exact) mass is 437 g/mol. The van der Waals surface area contributed by atoms with E-state index in [9.17, 15) is 19.2 Å². The maximum absolute atomic E-state index is 13.0. The number of Topliss-reactive ketones (excluding diaryl/α,β-unsaturated/α-hetero) is 1. The van der Waals surface area contributed by atoms with Crippen molar-refractivity contribution in [2.45, 2.75) is 33.2 Å². The molecule has 0 bridgehead atoms. The van der Waals surface area contributed by atoms with Crippen LogP contribution < -0.4 is 15.4 Å². The van der Waals surface area contributed by atoms with Crippen molar-refractivity contribution in [1.82, 2.24) is 10.2 Å². The smallest absolute Gasteiger partial charge is 0.325 e. The molecule has 2 N–H and O–H groups in total. The van der Waals surface area contributed by atoms with Gasteiger partial charge in [-0.15, -0.1) is 0 Å². The van der Waals surface area contributed by atoms with Gasteiger partial charge in [0.1, 0.15) is 11.3 Å². The Bertz CT molecular complexity index is 1050. The van der Waals surface area contributed by atoms with Crippen molar-refractivity contribution in [2.24, 2.45) is 5.41 Å². The summed E-state index contributed by atoms with van der Waals surface area (Å²) < 4.78 is 5.13. The van der Waals surface area contributed by atoms with E-state index in [1.54, 1.807) is 76.2 Å². The first-order chi connectivity index (χ1) is 15.0. The summed E-state index contributed by atoms with van der Waals surface area (Å²) in [5.74, 6) is -0.409. The zero-order chi connectivity index (χ0) is 23.7. The normalized spacial score (nSPS) is 18.3. The average Bonchev–Trinajstić information content (AvgIpc) is 2.97. The Balaban J connectivity index is 1.71. The van der Waals surface area contributed by atoms with Crippen molar-refractivity contribution in [3.8, 4) is 5.75 Å². The molecule has 1 aliphatic heterocycles. The molecule has 2 aromatic rings. The molecule has 8 heteroatoms. The summed E-state index contributed by atoms with van der Waals surface area (Å²) in [6.07, 6.45) is 0. The lowest BCUT2D eigenvalue weighted by molar-refractivity contribution is -0.130. The van der Waals surface area contributed by atoms with Gasteiger partial charge in [0.2, 0.25) is 5.91 Å². The molecule has 1 heterocycles. The molecule has 1 aliphatic rings. The first-order valence-corrected chi connectivity index (χ1v) is 10.2. The zero-order valence-electron chi connectivity index (χ0n) is 18.8. The number of urea groups is 1. The topological polar surface area (TPSA) is 105 Å². The number of benzene rings is 2. The predicted molar refractivity (Wildman–Crippen MR) is 119 cm³/mol. The Labute approximate surface area is 186 Å². The highest BCUT2D eigenvalue weighted by atomic mass is 16.5. The van der Waals surface area contributed by atoms with E-state index in [-0.39, 0.29) is 18.2 Å². The van der Waals surface area contributed by atoms with Gasteiger partial charge in [-0.05, 0) is 48.9 Å². The summed E-state index contributed by atoms with van der Waals surface area (Å²) in [5.41, 5.74) is -0.342. The van der Waals surface area contributed by atoms with Gasteiger partial charge in [0.05, 0.1) is 13.7 Å². The number of carbonyl (C=O) groups is 4. The molecule has 32 heavy (non-hydrogen) atoms. The number of ether oxygens (including phenoxy) is 1. The molecule has 3 rings (SSSR count). The maximum atomic E-state index is 13.0. The second-order valence-corrected chi connectivity index (χ2v) is 8.88. The van der Waals surface area contributed by atoms with Crippen LogP contribution in [0.2, 0.25) is 0 Å². The minimum Gasteiger partial charge on any atom is -0.497 e. The van der Waals surface area contributed by atoms with E-state index in [0.29, 0.717) is 22.6 Å². The Morgan fingerprint density at radius 1 is 1.03 bits per heavy atom. The van der Waals surface area contributed by atoms with Crippen molar-refractivity contribution in [2.75, 3.05) is 19.0 Å². The van der Waals surface area contributed by atoms with Crippen LogP contribution in [0, 0.1) is 5.41 Å². The summed E-state index contributed by atoms with van der Waals surface area (Å²) in [4.78, 5) is 51.3. The lowest BCUT2D eigenvalue weighted by atomic mass is 9.92. The zero-order valence-corrected chi connectivity index (χ0v) is 18.8. The summed E-state index contributed by atoms with van der Waals surface area (Å²) in [6.45, 7) is 6.63. The molecule has 4 amide bonds. The Hall–Kier alpha value is -3.68. The Morgan fingerprint density at radius 3 is 2.16 bits per heavy atom. The highest BCUT2D eigenvalue weighted by molar-refractivity contribution is 6.11. The Morgan fingerprint density at radius 2 is 1.62 bits per heavy atom. The van der Waals surface area contributed by atoms with E-state index in [2.05, 4.69) is 10.6 Å². The maximum Gasteiger partial charge on any atom is 0.325 e. The van der Waals surface area contributed by atoms with Crippen LogP contribution in [0.3, 0.4) is 0 Å². The number of nitrogens with one attached hydrogen (secondary N) is 2. The molecular weight excluding hydrogens is 410 g/mol. The summed E-state index contributed by atoms with van der Waals surface area (Å²) in [6, 6.07) is 12.5. The molecule has 1 saturated heterocycles. The predicted octanol–water partition coefficient (Wildman–Crippen LogP) is 3.33. The number of ketones is 1. The van der Waals surface area contributed by atoms with Crippen LogP contribution in [0.15, 0.2) is 48.5 Å². The number of amides is 4. The van der Waals surface area contributed by atoms with Gasteiger partial charge in [-0.3, -0.25) is 19.3 Å². The number of hydrogen-bond acceptors (Lipinski definition) is 5. The van der Waals surface area contributed by atoms with Crippen molar-refractivity contribution in [1.29, 1.82) is 0 Å². The van der Waals surface area contributed by atoms with Gasteiger partial charge in [0, 0.05) is 16.7 Å². The fourth-order valence-corrected chi connectivity index (χ4v) is 3.25. The molecule has 1 atom stereocenters. The van der Waals surface area contributed by atoms with Crippen LogP contribution in [0.5, 0.6) is 5.75 Å². The SMILES string of the molecule is COc1ccc(C2(C)NC(=O)N(CC(=O)c3ccc(NC(=O)C(C)(C)C)cc3)C2=O)cc1. The van der Waals surface area contributed by atoms with Gasteiger partial charge >= 0.3 is 6.03 Å². The van der Waals surface area contributed by atoms with Crippen LogP contribution in [0.1, 0.15) is 43.6 Å². The van der Waals surface area contributed by atoms with E-state index in [1.165, 1.54) is 7.11 Å². The molecule has 8 nitrogen and oxygen atoms in total. The molecule has 0 radical (unpaired) electrons. The summed E-state index contributed by atoms with van der Waals surface area (Å²) in [5, 5.41) is 5.47. The standard InChI is InChI=1S/C24H27N3O5/c1-23(2,3)20(29)25-17-10-6-15(7-11-17)19(28)14-27-21(30)24(4,26-22(27)31)16-8-12-18(32-5)13-9-16/h6-13H,14H2,1-5H3,(H,25,29)(H,26,31). The largest absolute Gasteiger partial charge is 0.497 e. The van der Waals surface area contributed by atoms with E-state index in [0.717, 1.165) is 4.90 Å². The fourth-order valence-electron chi connectivity index (χ4n) is 3.25. The van der Waals surface area contributed by atoms with Crippen LogP contribution in [-0.2, 0) is 15.1 Å². The average molecular weight is 437 g/mol. The molecular formula is C24H27N3O5. The molecule has 0 spiro atoms. The molecule has 1 unspecified atom stereocenters. The van der Waals surface area contributed by atoms with Gasteiger partial charge in [0.25, 0.3) is 5.91 Å². The van der Waals surface area contributed by atoms with E-state index >= 15 is 0 Å². The molecule has 0 aromatic heterocycles. The third-order valence-corrected chi connectivity index (χ3v) is 5.39. The number of anilines is 1. The lowest BCUT2D eigenvalue weighted by Gasteiger charge is -2.22. The van der Waals surface area contributed by atoms with Gasteiger partial charge in [-0.1, -0.05) is 32.9 Å². The number of rotatable bonds is 6. The highest BCUT2D eigenvalue weighted by Crippen LogP contribution is 2.30. The van der Waals surface area contributed by atoms with Crippen LogP contribution >= 0.6 is 0 Å². The summed E-state index contributed by atoms with van der Waals surface area (Å²) in [7, 11) is 1.54. The quantitative estimate of drug-likeness (QED) is 0.533. The second kappa shape index (κ2) is 8.45. The van der Waals surface area contributed by atoms with Crippen molar-refractivity contribution in [3.05, 3.63) is 59.7 Å². The molecule has 168 valence electrons. The van der Waals surface area contributed by atoms with Crippen molar-refractivity contribution in [3.63, 3.8) is 0 Å². The molecule has 0 aliphatic carbocycles. The van der Waals surface area contributed by atoms with E-state index in [1.807, 2.05) is 0 Å². The highest BCUT2D eigenvalue weighted by Gasteiger charge is 2.49. The molecule has 1 fully saturated rings. The first-order valence-electron chi connectivity index (χ1n) is 10.2. The minimum atomic E-state index is -1.27. The van der Waals surface area contributed by atoms with E-state index in [4.69, 9.17) is 4.74 Å². The number of carbonyl (C=O) groups excluding carboxylic acids is 4. The van der Waals surface area contributed by atoms with Crippen molar-refractivity contribution < 1.29 is 23.9 Å². The minimum absolute atomic E-state index is 0.145. The van der Waals surface area contributed by atoms with Gasteiger partial charge in [0.15, 0.2) is 5.78 Å². The number of methoxy groups -OCH3 is 1. The number of hydrogen-bond donors (Lipinski definition) is 2. The van der Waals surface area contributed by atoms with E-state index < -0.39 is 22.9 Å². The molecule has 0 saturated carbocycles. The fraction of sp³-hybridized carbons (Fsp3) is 0.333. The van der Waals surface area contributed by atoms with Crippen LogP contribution in [0.25, 0.3) is 0 Å². The third-order valence-electron chi connectivity index (χ3n) is 5.39. The van der Waals surface area contributed by atoms with Gasteiger partial charge < -0.3 is 15.4 Å². The lowest BCUT2D eigenvalue weighted by Crippen LogP contribution is -2.41. The Kier molecular flexibility index (Phi) is 6.07. The van der Waals surface area contributed by atoms with Crippen LogP contribution in [0.4, 0.5) is 10.5 Å². The summed E-state index contributed by atoms with van der Waals surface area (Å²) >= 11 is 0. The first kappa shape index (κ1) is 23.0. The molecule has 2 aromatic carbocycles.